The predicted octanol–water partition coefficient (Wildman–Crippen LogP) is 10.7. The summed E-state index contributed by atoms with van der Waals surface area (Å²) in [5.41, 5.74) is 0. The van der Waals surface area contributed by atoms with Crippen LogP contribution in [0.1, 0.15) is 200 Å². The first kappa shape index (κ1) is 40.1. The SMILES string of the molecule is CCCCCC/C=C/CCCCCCCC(=O)N[C@@H](CO)[C@H](O)CCCCCCCCCCCCCCCCCC. The quantitative estimate of drug-likeness (QED) is 0.0535. The van der Waals surface area contributed by atoms with Crippen LogP contribution in [0.15, 0.2) is 12.2 Å². The van der Waals surface area contributed by atoms with Crippen LogP contribution >= 0.6 is 0 Å². The number of rotatable bonds is 33. The van der Waals surface area contributed by atoms with Gasteiger partial charge in [-0.05, 0) is 38.5 Å². The average Bonchev–Trinajstić information content (AvgIpc) is 2.97. The van der Waals surface area contributed by atoms with E-state index in [4.69, 9.17) is 0 Å². The molecule has 0 unspecified atom stereocenters. The molecule has 0 heterocycles. The first-order chi connectivity index (χ1) is 20.2. The molecule has 4 heteroatoms. The minimum Gasteiger partial charge on any atom is -0.394 e. The van der Waals surface area contributed by atoms with Crippen molar-refractivity contribution in [2.75, 3.05) is 6.61 Å². The lowest BCUT2D eigenvalue weighted by molar-refractivity contribution is -0.123. The molecular formula is C37H73NO3. The largest absolute Gasteiger partial charge is 0.394 e. The van der Waals surface area contributed by atoms with Crippen LogP contribution in [0.5, 0.6) is 0 Å². The number of aliphatic hydroxyl groups is 2. The number of aliphatic hydroxyl groups excluding tert-OH is 2. The van der Waals surface area contributed by atoms with Crippen LogP contribution in [0.3, 0.4) is 0 Å². The Hall–Kier alpha value is -0.870. The van der Waals surface area contributed by atoms with Crippen molar-refractivity contribution in [1.29, 1.82) is 0 Å². The third-order valence-electron chi connectivity index (χ3n) is 8.53. The molecule has 3 N–H and O–H groups in total. The molecule has 0 aliphatic heterocycles. The Morgan fingerprint density at radius 1 is 0.561 bits per heavy atom. The smallest absolute Gasteiger partial charge is 0.220 e. The van der Waals surface area contributed by atoms with Crippen LogP contribution < -0.4 is 5.32 Å². The fraction of sp³-hybridized carbons (Fsp3) is 0.919. The number of carbonyl (C=O) groups is 1. The summed E-state index contributed by atoms with van der Waals surface area (Å²) in [6, 6.07) is -0.535. The standard InChI is InChI=1S/C37H73NO3/c1-3-5-7-9-11-13-15-17-18-19-21-22-24-26-28-30-32-36(40)35(34-39)38-37(41)33-31-29-27-25-23-20-16-14-12-10-8-6-4-2/h14,16,35-36,39-40H,3-13,15,17-34H2,1-2H3,(H,38,41)/b16-14+/t35-,36+/m0/s1. The molecule has 0 spiro atoms. The van der Waals surface area contributed by atoms with E-state index in [9.17, 15) is 15.0 Å². The molecule has 0 aromatic carbocycles. The lowest BCUT2D eigenvalue weighted by Gasteiger charge is -2.22. The van der Waals surface area contributed by atoms with Gasteiger partial charge in [-0.2, -0.15) is 0 Å². The zero-order valence-corrected chi connectivity index (χ0v) is 27.8. The van der Waals surface area contributed by atoms with Gasteiger partial charge < -0.3 is 15.5 Å². The normalized spacial score (nSPS) is 13.2. The Morgan fingerprint density at radius 3 is 1.37 bits per heavy atom. The summed E-state index contributed by atoms with van der Waals surface area (Å²) in [4.78, 5) is 12.3. The summed E-state index contributed by atoms with van der Waals surface area (Å²) in [6.45, 7) is 4.33. The summed E-state index contributed by atoms with van der Waals surface area (Å²) in [6.07, 6.45) is 39.7. The molecular weight excluding hydrogens is 506 g/mol. The van der Waals surface area contributed by atoms with Crippen LogP contribution in [0.2, 0.25) is 0 Å². The van der Waals surface area contributed by atoms with Crippen molar-refractivity contribution in [2.24, 2.45) is 0 Å². The molecule has 2 atom stereocenters. The van der Waals surface area contributed by atoms with Crippen LogP contribution in [-0.4, -0.2) is 34.9 Å². The van der Waals surface area contributed by atoms with Crippen LogP contribution in [-0.2, 0) is 4.79 Å². The minimum absolute atomic E-state index is 0.0407. The molecule has 244 valence electrons. The van der Waals surface area contributed by atoms with Crippen molar-refractivity contribution >= 4 is 5.91 Å². The maximum absolute atomic E-state index is 12.3. The lowest BCUT2D eigenvalue weighted by Crippen LogP contribution is -2.45. The van der Waals surface area contributed by atoms with Gasteiger partial charge in [-0.3, -0.25) is 4.79 Å². The zero-order chi connectivity index (χ0) is 30.1. The van der Waals surface area contributed by atoms with Crippen molar-refractivity contribution in [2.45, 2.75) is 212 Å². The third kappa shape index (κ3) is 30.4. The van der Waals surface area contributed by atoms with E-state index < -0.39 is 12.1 Å². The molecule has 4 nitrogen and oxygen atoms in total. The molecule has 0 radical (unpaired) electrons. The fourth-order valence-electron chi connectivity index (χ4n) is 5.65. The summed E-state index contributed by atoms with van der Waals surface area (Å²) in [5, 5.41) is 23.0. The first-order valence-corrected chi connectivity index (χ1v) is 18.4. The number of allylic oxidation sites excluding steroid dienone is 2. The highest BCUT2D eigenvalue weighted by Gasteiger charge is 2.19. The summed E-state index contributed by atoms with van der Waals surface area (Å²) >= 11 is 0. The molecule has 0 fully saturated rings. The van der Waals surface area contributed by atoms with Crippen LogP contribution in [0, 0.1) is 0 Å². The Bertz CT molecular complexity index is 550. The topological polar surface area (TPSA) is 69.6 Å². The summed E-state index contributed by atoms with van der Waals surface area (Å²) in [7, 11) is 0. The Kier molecular flexibility index (Phi) is 32.9. The molecule has 0 aromatic heterocycles. The minimum atomic E-state index is -0.657. The van der Waals surface area contributed by atoms with Gasteiger partial charge in [0.05, 0.1) is 18.8 Å². The van der Waals surface area contributed by atoms with Crippen molar-refractivity contribution in [1.82, 2.24) is 5.32 Å². The maximum Gasteiger partial charge on any atom is 0.220 e. The Labute approximate surface area is 256 Å². The number of nitrogens with one attached hydrogen (secondary N) is 1. The highest BCUT2D eigenvalue weighted by molar-refractivity contribution is 5.76. The van der Waals surface area contributed by atoms with Gasteiger partial charge in [-0.1, -0.05) is 167 Å². The molecule has 0 aliphatic rings. The number of carbonyl (C=O) groups excluding carboxylic acids is 1. The van der Waals surface area contributed by atoms with Crippen molar-refractivity contribution in [3.8, 4) is 0 Å². The first-order valence-electron chi connectivity index (χ1n) is 18.4. The van der Waals surface area contributed by atoms with Gasteiger partial charge in [0.15, 0.2) is 0 Å². The summed E-state index contributed by atoms with van der Waals surface area (Å²) < 4.78 is 0. The second kappa shape index (κ2) is 33.6. The van der Waals surface area contributed by atoms with E-state index in [-0.39, 0.29) is 12.5 Å². The van der Waals surface area contributed by atoms with Crippen LogP contribution in [0.4, 0.5) is 0 Å². The van der Waals surface area contributed by atoms with E-state index in [1.807, 2.05) is 0 Å². The van der Waals surface area contributed by atoms with E-state index in [0.29, 0.717) is 12.8 Å². The van der Waals surface area contributed by atoms with Gasteiger partial charge >= 0.3 is 0 Å². The Morgan fingerprint density at radius 2 is 0.927 bits per heavy atom. The van der Waals surface area contributed by atoms with Crippen molar-refractivity contribution < 1.29 is 15.0 Å². The van der Waals surface area contributed by atoms with Gasteiger partial charge in [0.25, 0.3) is 0 Å². The number of hydrogen-bond acceptors (Lipinski definition) is 3. The van der Waals surface area contributed by atoms with Gasteiger partial charge in [-0.15, -0.1) is 0 Å². The maximum atomic E-state index is 12.3. The molecule has 0 saturated carbocycles. The Balaban J connectivity index is 3.55. The lowest BCUT2D eigenvalue weighted by atomic mass is 10.0. The van der Waals surface area contributed by atoms with E-state index in [0.717, 1.165) is 25.7 Å². The van der Waals surface area contributed by atoms with Crippen molar-refractivity contribution in [3.63, 3.8) is 0 Å². The third-order valence-corrected chi connectivity index (χ3v) is 8.53. The number of unbranched alkanes of at least 4 members (excludes halogenated alkanes) is 24. The molecule has 0 rings (SSSR count). The molecule has 0 saturated heterocycles. The molecule has 0 bridgehead atoms. The zero-order valence-electron chi connectivity index (χ0n) is 27.8. The monoisotopic (exact) mass is 580 g/mol. The molecule has 0 aromatic rings. The van der Waals surface area contributed by atoms with Gasteiger partial charge in [0, 0.05) is 6.42 Å². The predicted molar refractivity (Wildman–Crippen MR) is 179 cm³/mol. The van der Waals surface area contributed by atoms with Gasteiger partial charge in [0.2, 0.25) is 5.91 Å². The number of hydrogen-bond donors (Lipinski definition) is 3. The highest BCUT2D eigenvalue weighted by Crippen LogP contribution is 2.15. The van der Waals surface area contributed by atoms with Crippen molar-refractivity contribution in [3.05, 3.63) is 12.2 Å². The number of amides is 1. The van der Waals surface area contributed by atoms with E-state index in [1.165, 1.54) is 148 Å². The van der Waals surface area contributed by atoms with E-state index in [1.54, 1.807) is 0 Å². The molecule has 1 amide bonds. The van der Waals surface area contributed by atoms with E-state index in [2.05, 4.69) is 31.3 Å². The van der Waals surface area contributed by atoms with Gasteiger partial charge in [0.1, 0.15) is 0 Å². The summed E-state index contributed by atoms with van der Waals surface area (Å²) in [5.74, 6) is -0.0407. The average molecular weight is 580 g/mol. The molecule has 41 heavy (non-hydrogen) atoms. The second-order valence-electron chi connectivity index (χ2n) is 12.6. The highest BCUT2D eigenvalue weighted by atomic mass is 16.3. The van der Waals surface area contributed by atoms with E-state index >= 15 is 0 Å². The fourth-order valence-corrected chi connectivity index (χ4v) is 5.65. The van der Waals surface area contributed by atoms with Gasteiger partial charge in [-0.25, -0.2) is 0 Å². The molecule has 0 aliphatic carbocycles. The second-order valence-corrected chi connectivity index (χ2v) is 12.6. The van der Waals surface area contributed by atoms with Crippen LogP contribution in [0.25, 0.3) is 0 Å².